The number of halogens is 2. The van der Waals surface area contributed by atoms with Gasteiger partial charge < -0.3 is 15.0 Å². The number of hydrogen-bond donors (Lipinski definition) is 1. The molecule has 0 aromatic heterocycles. The Bertz CT molecular complexity index is 681. The zero-order chi connectivity index (χ0) is 19.1. The van der Waals surface area contributed by atoms with E-state index >= 15 is 0 Å². The average molecular weight is 401 g/mol. The molecule has 0 spiro atoms. The van der Waals surface area contributed by atoms with Crippen molar-refractivity contribution in [2.45, 2.75) is 38.6 Å². The van der Waals surface area contributed by atoms with E-state index < -0.39 is 6.04 Å². The first kappa shape index (κ1) is 20.5. The molecule has 1 aliphatic heterocycles. The highest BCUT2D eigenvalue weighted by molar-refractivity contribution is 6.35. The van der Waals surface area contributed by atoms with Crippen molar-refractivity contribution in [3.05, 3.63) is 33.8 Å². The van der Waals surface area contributed by atoms with Crippen molar-refractivity contribution in [2.24, 2.45) is 0 Å². The van der Waals surface area contributed by atoms with Crippen LogP contribution in [0.25, 0.3) is 0 Å². The van der Waals surface area contributed by atoms with Gasteiger partial charge in [-0.2, -0.15) is 0 Å². The predicted molar refractivity (Wildman–Crippen MR) is 99.4 cm³/mol. The van der Waals surface area contributed by atoms with Gasteiger partial charge in [0, 0.05) is 24.5 Å². The third-order valence-corrected chi connectivity index (χ3v) is 4.70. The lowest BCUT2D eigenvalue weighted by Crippen LogP contribution is -2.46. The highest BCUT2D eigenvalue weighted by atomic mass is 35.5. The van der Waals surface area contributed by atoms with E-state index in [-0.39, 0.29) is 24.2 Å². The van der Waals surface area contributed by atoms with Crippen LogP contribution in [-0.4, -0.2) is 48.4 Å². The summed E-state index contributed by atoms with van der Waals surface area (Å²) in [5.41, 5.74) is 0.293. The molecular weight excluding hydrogens is 379 g/mol. The third-order valence-electron chi connectivity index (χ3n) is 4.14. The van der Waals surface area contributed by atoms with Gasteiger partial charge in [-0.1, -0.05) is 23.2 Å². The first-order valence-corrected chi connectivity index (χ1v) is 9.39. The molecule has 1 N–H and O–H groups in total. The van der Waals surface area contributed by atoms with Gasteiger partial charge in [0.2, 0.25) is 5.91 Å². The Morgan fingerprint density at radius 3 is 2.81 bits per heavy atom. The molecule has 6 nitrogen and oxygen atoms in total. The lowest BCUT2D eigenvalue weighted by Gasteiger charge is -2.24. The van der Waals surface area contributed by atoms with Crippen LogP contribution in [-0.2, 0) is 14.3 Å². The van der Waals surface area contributed by atoms with Gasteiger partial charge in [0.1, 0.15) is 6.04 Å². The van der Waals surface area contributed by atoms with Gasteiger partial charge in [-0.15, -0.1) is 0 Å². The van der Waals surface area contributed by atoms with E-state index in [2.05, 4.69) is 5.32 Å². The molecule has 1 unspecified atom stereocenters. The predicted octanol–water partition coefficient (Wildman–Crippen LogP) is 3.06. The molecule has 0 aliphatic carbocycles. The van der Waals surface area contributed by atoms with Gasteiger partial charge in [-0.05, 0) is 44.4 Å². The Morgan fingerprint density at radius 2 is 2.08 bits per heavy atom. The zero-order valence-electron chi connectivity index (χ0n) is 14.6. The summed E-state index contributed by atoms with van der Waals surface area (Å²) in [5, 5.41) is 3.50. The fourth-order valence-corrected chi connectivity index (χ4v) is 3.26. The molecule has 0 saturated carbocycles. The Labute approximate surface area is 162 Å². The number of esters is 1. The van der Waals surface area contributed by atoms with E-state index in [0.717, 1.165) is 6.42 Å². The summed E-state index contributed by atoms with van der Waals surface area (Å²) < 4.78 is 4.84. The normalized spacial score (nSPS) is 16.4. The molecule has 2 rings (SSSR count). The molecule has 1 aromatic rings. The van der Waals surface area contributed by atoms with Crippen LogP contribution in [0.3, 0.4) is 0 Å². The Morgan fingerprint density at radius 1 is 1.31 bits per heavy atom. The Balaban J connectivity index is 1.92. The summed E-state index contributed by atoms with van der Waals surface area (Å²) in [6.07, 6.45) is 2.07. The number of rotatable bonds is 7. The molecule has 1 saturated heterocycles. The van der Waals surface area contributed by atoms with E-state index in [1.165, 1.54) is 11.0 Å². The minimum Gasteiger partial charge on any atom is -0.466 e. The number of hydrogen-bond acceptors (Lipinski definition) is 4. The number of benzene rings is 1. The summed E-state index contributed by atoms with van der Waals surface area (Å²) in [5.74, 6) is -0.811. The molecule has 142 valence electrons. The van der Waals surface area contributed by atoms with E-state index in [1.807, 2.05) is 0 Å². The summed E-state index contributed by atoms with van der Waals surface area (Å²) in [7, 11) is 0. The molecule has 2 amide bonds. The van der Waals surface area contributed by atoms with Crippen molar-refractivity contribution in [3.8, 4) is 0 Å². The van der Waals surface area contributed by atoms with Gasteiger partial charge in [0.25, 0.3) is 5.91 Å². The van der Waals surface area contributed by atoms with Crippen molar-refractivity contribution in [1.82, 2.24) is 10.2 Å². The summed E-state index contributed by atoms with van der Waals surface area (Å²) >= 11 is 12.1. The molecule has 0 bridgehead atoms. The highest BCUT2D eigenvalue weighted by Gasteiger charge is 2.35. The monoisotopic (exact) mass is 400 g/mol. The lowest BCUT2D eigenvalue weighted by atomic mass is 10.1. The second-order valence-corrected chi connectivity index (χ2v) is 6.82. The third kappa shape index (κ3) is 5.35. The standard InChI is InChI=1S/C18H22Cl2N2O4/c1-2-26-16(23)6-3-9-21-17(24)15-5-4-10-22(15)18(25)13-11-12(19)7-8-14(13)20/h7-8,11,15H,2-6,9-10H2,1H3,(H,21,24). The van der Waals surface area contributed by atoms with E-state index in [9.17, 15) is 14.4 Å². The van der Waals surface area contributed by atoms with Crippen LogP contribution < -0.4 is 5.32 Å². The highest BCUT2D eigenvalue weighted by Crippen LogP contribution is 2.26. The van der Waals surface area contributed by atoms with Gasteiger partial charge in [0.15, 0.2) is 0 Å². The number of likely N-dealkylation sites (tertiary alicyclic amines) is 1. The molecule has 1 aromatic carbocycles. The van der Waals surface area contributed by atoms with Crippen molar-refractivity contribution >= 4 is 41.0 Å². The Kier molecular flexibility index (Phi) is 7.72. The van der Waals surface area contributed by atoms with Crippen LogP contribution in [0.15, 0.2) is 18.2 Å². The first-order chi connectivity index (χ1) is 12.4. The molecule has 1 fully saturated rings. The van der Waals surface area contributed by atoms with Crippen LogP contribution >= 0.6 is 23.2 Å². The smallest absolute Gasteiger partial charge is 0.305 e. The minimum atomic E-state index is -0.542. The van der Waals surface area contributed by atoms with Crippen molar-refractivity contribution < 1.29 is 19.1 Å². The van der Waals surface area contributed by atoms with Gasteiger partial charge in [-0.3, -0.25) is 14.4 Å². The second kappa shape index (κ2) is 9.78. The summed E-state index contributed by atoms with van der Waals surface area (Å²) in [4.78, 5) is 38.0. The van der Waals surface area contributed by atoms with Crippen molar-refractivity contribution in [1.29, 1.82) is 0 Å². The van der Waals surface area contributed by atoms with E-state index in [0.29, 0.717) is 48.1 Å². The first-order valence-electron chi connectivity index (χ1n) is 8.63. The molecule has 8 heteroatoms. The molecule has 26 heavy (non-hydrogen) atoms. The number of ether oxygens (including phenoxy) is 1. The van der Waals surface area contributed by atoms with Crippen LogP contribution in [0, 0.1) is 0 Å². The van der Waals surface area contributed by atoms with Crippen LogP contribution in [0.2, 0.25) is 10.0 Å². The van der Waals surface area contributed by atoms with E-state index in [4.69, 9.17) is 27.9 Å². The largest absolute Gasteiger partial charge is 0.466 e. The van der Waals surface area contributed by atoms with Gasteiger partial charge >= 0.3 is 5.97 Å². The zero-order valence-corrected chi connectivity index (χ0v) is 16.1. The Hall–Kier alpha value is -1.79. The van der Waals surface area contributed by atoms with Crippen molar-refractivity contribution in [2.75, 3.05) is 19.7 Å². The second-order valence-electron chi connectivity index (χ2n) is 5.98. The number of carbonyl (C=O) groups is 3. The minimum absolute atomic E-state index is 0.224. The molecular formula is C18H22Cl2N2O4. The molecule has 1 atom stereocenters. The van der Waals surface area contributed by atoms with E-state index in [1.54, 1.807) is 19.1 Å². The van der Waals surface area contributed by atoms with Gasteiger partial charge in [0.05, 0.1) is 17.2 Å². The fourth-order valence-electron chi connectivity index (χ4n) is 2.89. The maximum absolute atomic E-state index is 12.8. The molecule has 1 heterocycles. The summed E-state index contributed by atoms with van der Waals surface area (Å²) in [6.45, 7) is 2.94. The number of carbonyl (C=O) groups excluding carboxylic acids is 3. The van der Waals surface area contributed by atoms with Crippen LogP contribution in [0.4, 0.5) is 0 Å². The summed E-state index contributed by atoms with van der Waals surface area (Å²) in [6, 6.07) is 4.15. The topological polar surface area (TPSA) is 75.7 Å². The maximum atomic E-state index is 12.8. The number of nitrogens with zero attached hydrogens (tertiary/aromatic N) is 1. The van der Waals surface area contributed by atoms with Crippen molar-refractivity contribution in [3.63, 3.8) is 0 Å². The van der Waals surface area contributed by atoms with Gasteiger partial charge in [-0.25, -0.2) is 0 Å². The molecule has 1 aliphatic rings. The number of nitrogens with one attached hydrogen (secondary N) is 1. The quantitative estimate of drug-likeness (QED) is 0.563. The lowest BCUT2D eigenvalue weighted by molar-refractivity contribution is -0.143. The average Bonchev–Trinajstić information content (AvgIpc) is 3.10. The van der Waals surface area contributed by atoms with Crippen LogP contribution in [0.5, 0.6) is 0 Å². The fraction of sp³-hybridized carbons (Fsp3) is 0.500. The molecule has 0 radical (unpaired) electrons. The number of amides is 2. The maximum Gasteiger partial charge on any atom is 0.305 e. The van der Waals surface area contributed by atoms with Crippen LogP contribution in [0.1, 0.15) is 43.0 Å². The SMILES string of the molecule is CCOC(=O)CCCNC(=O)C1CCCN1C(=O)c1cc(Cl)ccc1Cl.